The zero-order valence-corrected chi connectivity index (χ0v) is 13.4. The number of nitrogens with one attached hydrogen (secondary N) is 1. The van der Waals surface area contributed by atoms with Gasteiger partial charge in [-0.1, -0.05) is 11.6 Å². The summed E-state index contributed by atoms with van der Waals surface area (Å²) in [4.78, 5) is 0. The summed E-state index contributed by atoms with van der Waals surface area (Å²) in [6.45, 7) is 7.09. The smallest absolute Gasteiger partial charge is 0.0646 e. The normalized spacial score (nSPS) is 22.8. The first kappa shape index (κ1) is 14.2. The lowest BCUT2D eigenvalue weighted by atomic mass is 9.94. The highest BCUT2D eigenvalue weighted by Crippen LogP contribution is 2.32. The molecule has 0 radical (unpaired) electrons. The van der Waals surface area contributed by atoms with Gasteiger partial charge in [-0.2, -0.15) is 0 Å². The second-order valence-corrected chi connectivity index (χ2v) is 6.78. The molecule has 0 amide bonds. The number of ether oxygens (including phenoxy) is 1. The van der Waals surface area contributed by atoms with E-state index in [4.69, 9.17) is 16.3 Å². The van der Waals surface area contributed by atoms with Crippen LogP contribution < -0.4 is 5.32 Å². The van der Waals surface area contributed by atoms with Crippen molar-refractivity contribution in [2.24, 2.45) is 0 Å². The highest BCUT2D eigenvalue weighted by molar-refractivity contribution is 9.10. The molecule has 1 unspecified atom stereocenters. The van der Waals surface area contributed by atoms with Gasteiger partial charge in [0.25, 0.3) is 0 Å². The van der Waals surface area contributed by atoms with Gasteiger partial charge in [0, 0.05) is 22.1 Å². The highest BCUT2D eigenvalue weighted by atomic mass is 79.9. The lowest BCUT2D eigenvalue weighted by Crippen LogP contribution is -2.40. The van der Waals surface area contributed by atoms with Crippen molar-refractivity contribution in [3.8, 4) is 0 Å². The standard InChI is InChI=1S/C14H19BrClNO/c1-9-6-11(15)13(7-12(9)16)17-10-4-5-18-14(2,3)8-10/h6-7,10,17H,4-5,8H2,1-3H3. The van der Waals surface area contributed by atoms with Crippen molar-refractivity contribution < 1.29 is 4.74 Å². The molecule has 1 aromatic rings. The van der Waals surface area contributed by atoms with E-state index in [9.17, 15) is 0 Å². The number of hydrogen-bond donors (Lipinski definition) is 1. The van der Waals surface area contributed by atoms with Crippen molar-refractivity contribution in [1.82, 2.24) is 0 Å². The van der Waals surface area contributed by atoms with Crippen LogP contribution in [-0.4, -0.2) is 18.2 Å². The Morgan fingerprint density at radius 2 is 2.17 bits per heavy atom. The van der Waals surface area contributed by atoms with Crippen LogP contribution in [0, 0.1) is 6.92 Å². The van der Waals surface area contributed by atoms with Crippen molar-refractivity contribution in [3.63, 3.8) is 0 Å². The van der Waals surface area contributed by atoms with Crippen LogP contribution in [0.2, 0.25) is 5.02 Å². The maximum absolute atomic E-state index is 6.17. The molecule has 2 nitrogen and oxygen atoms in total. The second kappa shape index (κ2) is 5.40. The van der Waals surface area contributed by atoms with Crippen LogP contribution in [0.5, 0.6) is 0 Å². The van der Waals surface area contributed by atoms with Crippen LogP contribution in [-0.2, 0) is 4.74 Å². The summed E-state index contributed by atoms with van der Waals surface area (Å²) in [5.41, 5.74) is 2.10. The molecule has 0 saturated carbocycles. The Labute approximate surface area is 122 Å². The fourth-order valence-corrected chi connectivity index (χ4v) is 3.07. The van der Waals surface area contributed by atoms with Crippen LogP contribution in [0.3, 0.4) is 0 Å². The van der Waals surface area contributed by atoms with Gasteiger partial charge in [-0.25, -0.2) is 0 Å². The largest absolute Gasteiger partial charge is 0.381 e. The minimum absolute atomic E-state index is 0.0448. The average Bonchev–Trinajstić information content (AvgIpc) is 2.24. The number of benzene rings is 1. The van der Waals surface area contributed by atoms with E-state index in [2.05, 4.69) is 41.2 Å². The van der Waals surface area contributed by atoms with E-state index in [1.807, 2.05) is 13.0 Å². The molecule has 0 aromatic heterocycles. The van der Waals surface area contributed by atoms with Crippen molar-refractivity contribution >= 4 is 33.2 Å². The molecule has 2 rings (SSSR count). The molecule has 0 aliphatic carbocycles. The summed E-state index contributed by atoms with van der Waals surface area (Å²) in [6.07, 6.45) is 2.03. The van der Waals surface area contributed by atoms with Gasteiger partial charge in [-0.15, -0.1) is 0 Å². The van der Waals surface area contributed by atoms with Gasteiger partial charge in [0.2, 0.25) is 0 Å². The quantitative estimate of drug-likeness (QED) is 0.841. The van der Waals surface area contributed by atoms with Gasteiger partial charge in [0.1, 0.15) is 0 Å². The first-order valence-corrected chi connectivity index (χ1v) is 7.41. The van der Waals surface area contributed by atoms with Crippen LogP contribution in [0.4, 0.5) is 5.69 Å². The SMILES string of the molecule is Cc1cc(Br)c(NC2CCOC(C)(C)C2)cc1Cl. The van der Waals surface area contributed by atoms with Gasteiger partial charge in [-0.05, 0) is 67.2 Å². The van der Waals surface area contributed by atoms with Crippen LogP contribution in [0.15, 0.2) is 16.6 Å². The Balaban J connectivity index is 2.12. The predicted molar refractivity (Wildman–Crippen MR) is 80.6 cm³/mol. The summed E-state index contributed by atoms with van der Waals surface area (Å²) in [5, 5.41) is 4.36. The van der Waals surface area contributed by atoms with Gasteiger partial charge in [0.15, 0.2) is 0 Å². The number of aryl methyl sites for hydroxylation is 1. The van der Waals surface area contributed by atoms with Gasteiger partial charge < -0.3 is 10.1 Å². The molecule has 1 fully saturated rings. The third-order valence-electron chi connectivity index (χ3n) is 3.31. The Kier molecular flexibility index (Phi) is 4.25. The molecule has 18 heavy (non-hydrogen) atoms. The summed E-state index contributed by atoms with van der Waals surface area (Å²) in [5.74, 6) is 0. The third-order valence-corrected chi connectivity index (χ3v) is 4.37. The molecule has 100 valence electrons. The number of anilines is 1. The molecule has 1 saturated heterocycles. The first-order chi connectivity index (χ1) is 8.37. The molecular formula is C14H19BrClNO. The van der Waals surface area contributed by atoms with E-state index in [1.165, 1.54) is 0 Å². The van der Waals surface area contributed by atoms with Crippen molar-refractivity contribution in [2.75, 3.05) is 11.9 Å². The Hall–Kier alpha value is -0.250. The minimum Gasteiger partial charge on any atom is -0.381 e. The van der Waals surface area contributed by atoms with Crippen LogP contribution >= 0.6 is 27.5 Å². The van der Waals surface area contributed by atoms with Crippen molar-refractivity contribution in [3.05, 3.63) is 27.2 Å². The maximum Gasteiger partial charge on any atom is 0.0646 e. The molecule has 1 aliphatic heterocycles. The molecule has 0 spiro atoms. The summed E-state index contributed by atoms with van der Waals surface area (Å²) < 4.78 is 6.79. The molecule has 1 aliphatic rings. The maximum atomic E-state index is 6.17. The third kappa shape index (κ3) is 3.40. The van der Waals surface area contributed by atoms with E-state index >= 15 is 0 Å². The van der Waals surface area contributed by atoms with E-state index in [0.29, 0.717) is 6.04 Å². The predicted octanol–water partition coefficient (Wildman–Crippen LogP) is 4.78. The fraction of sp³-hybridized carbons (Fsp3) is 0.571. The van der Waals surface area contributed by atoms with Crippen LogP contribution in [0.25, 0.3) is 0 Å². The lowest BCUT2D eigenvalue weighted by molar-refractivity contribution is -0.0553. The zero-order valence-electron chi connectivity index (χ0n) is 11.0. The Morgan fingerprint density at radius 1 is 1.44 bits per heavy atom. The van der Waals surface area contributed by atoms with Crippen LogP contribution in [0.1, 0.15) is 32.3 Å². The number of halogens is 2. The van der Waals surface area contributed by atoms with E-state index in [0.717, 1.165) is 40.2 Å². The Bertz CT molecular complexity index is 448. The monoisotopic (exact) mass is 331 g/mol. The average molecular weight is 333 g/mol. The van der Waals surface area contributed by atoms with Crippen molar-refractivity contribution in [2.45, 2.75) is 45.3 Å². The molecule has 1 heterocycles. The topological polar surface area (TPSA) is 21.3 Å². The lowest BCUT2D eigenvalue weighted by Gasteiger charge is -2.36. The molecule has 1 aromatic carbocycles. The van der Waals surface area contributed by atoms with Gasteiger partial charge >= 0.3 is 0 Å². The summed E-state index contributed by atoms with van der Waals surface area (Å²) in [7, 11) is 0. The molecule has 0 bridgehead atoms. The highest BCUT2D eigenvalue weighted by Gasteiger charge is 2.28. The van der Waals surface area contributed by atoms with E-state index < -0.39 is 0 Å². The minimum atomic E-state index is -0.0448. The Morgan fingerprint density at radius 3 is 2.83 bits per heavy atom. The second-order valence-electron chi connectivity index (χ2n) is 5.52. The number of hydrogen-bond acceptors (Lipinski definition) is 2. The van der Waals surface area contributed by atoms with Crippen molar-refractivity contribution in [1.29, 1.82) is 0 Å². The molecule has 1 N–H and O–H groups in total. The first-order valence-electron chi connectivity index (χ1n) is 6.23. The van der Waals surface area contributed by atoms with Gasteiger partial charge in [-0.3, -0.25) is 0 Å². The molecular weight excluding hydrogens is 314 g/mol. The van der Waals surface area contributed by atoms with E-state index in [1.54, 1.807) is 0 Å². The number of rotatable bonds is 2. The van der Waals surface area contributed by atoms with E-state index in [-0.39, 0.29) is 5.60 Å². The van der Waals surface area contributed by atoms with Gasteiger partial charge in [0.05, 0.1) is 11.3 Å². The zero-order chi connectivity index (χ0) is 13.3. The summed E-state index contributed by atoms with van der Waals surface area (Å²) in [6, 6.07) is 4.47. The molecule has 4 heteroatoms. The summed E-state index contributed by atoms with van der Waals surface area (Å²) >= 11 is 9.76. The fourth-order valence-electron chi connectivity index (χ4n) is 2.33. The molecule has 1 atom stereocenters.